The van der Waals surface area contributed by atoms with Gasteiger partial charge in [0.05, 0.1) is 27.9 Å². The average molecular weight is 568 g/mol. The van der Waals surface area contributed by atoms with E-state index in [1.807, 2.05) is 84.9 Å². The minimum atomic E-state index is -0.632. The van der Waals surface area contributed by atoms with Crippen LogP contribution in [0.5, 0.6) is 0 Å². The lowest BCUT2D eigenvalue weighted by molar-refractivity contribution is 0.602. The van der Waals surface area contributed by atoms with Crippen LogP contribution in [0.3, 0.4) is 0 Å². The van der Waals surface area contributed by atoms with Gasteiger partial charge >= 0.3 is 11.4 Å². The second kappa shape index (κ2) is 8.20. The highest BCUT2D eigenvalue weighted by atomic mass is 16.2. The van der Waals surface area contributed by atoms with Crippen molar-refractivity contribution in [3.05, 3.63) is 148 Å². The van der Waals surface area contributed by atoms with Crippen LogP contribution >= 0.6 is 0 Å². The molecule has 0 saturated heterocycles. The summed E-state index contributed by atoms with van der Waals surface area (Å²) in [5.41, 5.74) is 4.53. The summed E-state index contributed by atoms with van der Waals surface area (Å²) in [7, 11) is 0. The van der Waals surface area contributed by atoms with Crippen LogP contribution in [0, 0.1) is 0 Å². The van der Waals surface area contributed by atoms with Crippen molar-refractivity contribution in [2.24, 2.45) is 0 Å². The first kappa shape index (κ1) is 23.4. The van der Waals surface area contributed by atoms with Gasteiger partial charge in [-0.2, -0.15) is 4.98 Å². The monoisotopic (exact) mass is 567 g/mol. The fraction of sp³-hybridized carbons (Fsp3) is 0. The zero-order valence-electron chi connectivity index (χ0n) is 23.2. The lowest BCUT2D eigenvalue weighted by Crippen LogP contribution is -2.43. The fourth-order valence-corrected chi connectivity index (χ4v) is 7.28. The van der Waals surface area contributed by atoms with E-state index in [4.69, 9.17) is 0 Å². The molecule has 206 valence electrons. The summed E-state index contributed by atoms with van der Waals surface area (Å²) in [4.78, 5) is 35.6. The third-order valence-corrected chi connectivity index (χ3v) is 8.99. The number of benzene rings is 6. The lowest BCUT2D eigenvalue weighted by Gasteiger charge is -2.30. The van der Waals surface area contributed by atoms with Gasteiger partial charge in [-0.25, -0.2) is 18.7 Å². The fourth-order valence-electron chi connectivity index (χ4n) is 7.28. The summed E-state index contributed by atoms with van der Waals surface area (Å²) >= 11 is 0. The van der Waals surface area contributed by atoms with Crippen LogP contribution in [0.1, 0.15) is 0 Å². The van der Waals surface area contributed by atoms with Crippen LogP contribution in [0.2, 0.25) is 0 Å². The van der Waals surface area contributed by atoms with Gasteiger partial charge in [0.1, 0.15) is 0 Å². The van der Waals surface area contributed by atoms with Crippen LogP contribution in [0.25, 0.3) is 59.9 Å². The Morgan fingerprint density at radius 1 is 0.477 bits per heavy atom. The van der Waals surface area contributed by atoms with Crippen molar-refractivity contribution in [3.8, 4) is 0 Å². The molecule has 44 heavy (non-hydrogen) atoms. The molecule has 0 radical (unpaired) electrons. The van der Waals surface area contributed by atoms with Gasteiger partial charge in [0.15, 0.2) is 5.65 Å². The van der Waals surface area contributed by atoms with Crippen molar-refractivity contribution in [1.82, 2.24) is 18.7 Å². The number of fused-ring (bicyclic) bond motifs is 6. The maximum atomic E-state index is 14.7. The van der Waals surface area contributed by atoms with Crippen LogP contribution in [0.15, 0.2) is 137 Å². The van der Waals surface area contributed by atoms with E-state index in [1.165, 1.54) is 4.68 Å². The number of para-hydroxylation sites is 2. The molecule has 1 aliphatic rings. The summed E-state index contributed by atoms with van der Waals surface area (Å²) in [5.74, 6) is 0. The minimum absolute atomic E-state index is 0.347. The van der Waals surface area contributed by atoms with E-state index >= 15 is 0 Å². The number of hydrogen-bond donors (Lipinski definition) is 0. The molecule has 0 saturated carbocycles. The quantitative estimate of drug-likeness (QED) is 0.203. The van der Waals surface area contributed by atoms with Gasteiger partial charge in [0, 0.05) is 32.6 Å². The van der Waals surface area contributed by atoms with Gasteiger partial charge in [-0.15, -0.1) is 4.68 Å². The van der Waals surface area contributed by atoms with Gasteiger partial charge in [-0.3, -0.25) is 0 Å². The molecule has 7 heteroatoms. The predicted octanol–water partition coefficient (Wildman–Crippen LogP) is 7.52. The van der Waals surface area contributed by atoms with E-state index in [1.54, 1.807) is 9.08 Å². The summed E-state index contributed by atoms with van der Waals surface area (Å²) < 4.78 is 4.52. The first-order chi connectivity index (χ1) is 21.7. The highest BCUT2D eigenvalue weighted by molar-refractivity contribution is 6.31. The zero-order valence-corrected chi connectivity index (χ0v) is 23.2. The SMILES string of the molecule is O=c1nc2c3ccccc3c3ccccc3n2c(=O)n1-n1c2cccc3c2c2c4c(cccc4ccc21)N3c1ccccc1. The lowest BCUT2D eigenvalue weighted by atomic mass is 9.96. The van der Waals surface area contributed by atoms with Gasteiger partial charge in [0.25, 0.3) is 0 Å². The molecule has 0 spiro atoms. The number of aromatic nitrogens is 4. The number of pyridine rings is 1. The third-order valence-electron chi connectivity index (χ3n) is 8.99. The largest absolute Gasteiger partial charge is 0.373 e. The van der Waals surface area contributed by atoms with Gasteiger partial charge in [0.2, 0.25) is 0 Å². The van der Waals surface area contributed by atoms with E-state index in [9.17, 15) is 9.59 Å². The molecule has 0 N–H and O–H groups in total. The summed E-state index contributed by atoms with van der Waals surface area (Å²) in [6.07, 6.45) is 0. The molecule has 6 aromatic carbocycles. The molecular formula is C37H21N5O2. The summed E-state index contributed by atoms with van der Waals surface area (Å²) in [5, 5.41) is 6.77. The highest BCUT2D eigenvalue weighted by Crippen LogP contribution is 2.51. The number of nitrogens with zero attached hydrogens (tertiary/aromatic N) is 5. The maximum absolute atomic E-state index is 14.7. The second-order valence-electron chi connectivity index (χ2n) is 11.2. The minimum Gasteiger partial charge on any atom is -0.309 e. The van der Waals surface area contributed by atoms with E-state index in [2.05, 4.69) is 52.3 Å². The van der Waals surface area contributed by atoms with Crippen molar-refractivity contribution in [2.75, 3.05) is 4.90 Å². The molecule has 0 unspecified atom stereocenters. The van der Waals surface area contributed by atoms with Crippen LogP contribution < -0.4 is 16.3 Å². The summed E-state index contributed by atoms with van der Waals surface area (Å²) in [6, 6.07) is 42.2. The number of hydrogen-bond acceptors (Lipinski definition) is 4. The Morgan fingerprint density at radius 3 is 1.98 bits per heavy atom. The van der Waals surface area contributed by atoms with E-state index in [-0.39, 0.29) is 0 Å². The van der Waals surface area contributed by atoms with Crippen molar-refractivity contribution in [3.63, 3.8) is 0 Å². The molecular weight excluding hydrogens is 546 g/mol. The van der Waals surface area contributed by atoms with Crippen molar-refractivity contribution < 1.29 is 0 Å². The van der Waals surface area contributed by atoms with Crippen LogP contribution in [-0.2, 0) is 0 Å². The molecule has 1 aliphatic heterocycles. The molecule has 3 aromatic heterocycles. The number of anilines is 3. The third kappa shape index (κ3) is 2.78. The van der Waals surface area contributed by atoms with E-state index < -0.39 is 11.4 Å². The first-order valence-electron chi connectivity index (χ1n) is 14.5. The molecule has 0 aliphatic carbocycles. The first-order valence-corrected chi connectivity index (χ1v) is 14.5. The van der Waals surface area contributed by atoms with Crippen molar-refractivity contribution in [2.45, 2.75) is 0 Å². The van der Waals surface area contributed by atoms with Crippen LogP contribution in [-0.4, -0.2) is 18.7 Å². The number of rotatable bonds is 2. The molecule has 7 nitrogen and oxygen atoms in total. The Hall–Kier alpha value is -6.21. The standard InChI is InChI=1S/C37H21N5O2/c43-36-38-35-26-15-5-4-13-24(26)25-14-6-7-16-27(25)40(35)37(44)42(36)41-30-19-9-18-29-33(30)34-31(41)21-20-22-10-8-17-28(32(22)34)39(29)23-11-2-1-3-12-23/h1-21H. The molecule has 10 rings (SSSR count). The van der Waals surface area contributed by atoms with Crippen molar-refractivity contribution >= 4 is 77.0 Å². The molecule has 0 fully saturated rings. The normalized spacial score (nSPS) is 12.7. The summed E-state index contributed by atoms with van der Waals surface area (Å²) in [6.45, 7) is 0. The van der Waals surface area contributed by atoms with Crippen molar-refractivity contribution in [1.29, 1.82) is 0 Å². The zero-order chi connectivity index (χ0) is 29.1. The Kier molecular flexibility index (Phi) is 4.36. The molecule has 9 aromatic rings. The average Bonchev–Trinajstić information content (AvgIpc) is 3.40. The Morgan fingerprint density at radius 2 is 1.14 bits per heavy atom. The van der Waals surface area contributed by atoms with E-state index in [0.717, 1.165) is 65.8 Å². The second-order valence-corrected chi connectivity index (χ2v) is 11.2. The highest BCUT2D eigenvalue weighted by Gasteiger charge is 2.29. The maximum Gasteiger partial charge on any atom is 0.373 e. The van der Waals surface area contributed by atoms with E-state index in [0.29, 0.717) is 11.2 Å². The topological polar surface area (TPSA) is 64.5 Å². The Balaban J connectivity index is 1.41. The molecule has 0 bridgehead atoms. The predicted molar refractivity (Wildman–Crippen MR) is 177 cm³/mol. The Labute approximate surface area is 248 Å². The molecule has 4 heterocycles. The van der Waals surface area contributed by atoms with Gasteiger partial charge in [-0.05, 0) is 53.2 Å². The van der Waals surface area contributed by atoms with Crippen LogP contribution in [0.4, 0.5) is 17.1 Å². The molecule has 0 atom stereocenters. The Bertz CT molecular complexity index is 2830. The molecule has 0 amide bonds. The van der Waals surface area contributed by atoms with Gasteiger partial charge < -0.3 is 4.90 Å². The smallest absolute Gasteiger partial charge is 0.309 e. The van der Waals surface area contributed by atoms with Gasteiger partial charge in [-0.1, -0.05) is 84.9 Å².